The van der Waals surface area contributed by atoms with Gasteiger partial charge in [0.05, 0.1) is 18.4 Å². The van der Waals surface area contributed by atoms with Gasteiger partial charge in [0.25, 0.3) is 5.91 Å². The van der Waals surface area contributed by atoms with Gasteiger partial charge < -0.3 is 15.0 Å². The van der Waals surface area contributed by atoms with Gasteiger partial charge in [0.15, 0.2) is 0 Å². The van der Waals surface area contributed by atoms with E-state index in [1.807, 2.05) is 50.1 Å². The van der Waals surface area contributed by atoms with Crippen LogP contribution in [0.15, 0.2) is 30.5 Å². The normalized spacial score (nSPS) is 17.2. The Bertz CT molecular complexity index is 833. The lowest BCUT2D eigenvalue weighted by Crippen LogP contribution is -2.58. The van der Waals surface area contributed by atoms with Gasteiger partial charge in [0.2, 0.25) is 5.91 Å². The maximum atomic E-state index is 12.7. The Morgan fingerprint density at radius 2 is 2.00 bits per heavy atom. The minimum absolute atomic E-state index is 0.0655. The molecular formula is C21H29N5O3. The number of carbonyl (C=O) groups is 2. The number of hydrogen-bond acceptors (Lipinski definition) is 5. The van der Waals surface area contributed by atoms with Gasteiger partial charge in [-0.2, -0.15) is 5.10 Å². The first-order valence-electron chi connectivity index (χ1n) is 9.92. The quantitative estimate of drug-likeness (QED) is 0.687. The third-order valence-electron chi connectivity index (χ3n) is 5.21. The molecule has 1 aliphatic rings. The maximum absolute atomic E-state index is 12.7. The number of H-pyrrole nitrogens is 1. The summed E-state index contributed by atoms with van der Waals surface area (Å²) in [5.41, 5.74) is 2.49. The molecular weight excluding hydrogens is 370 g/mol. The number of piperazine rings is 1. The number of ether oxygens (including phenoxy) is 1. The van der Waals surface area contributed by atoms with Crippen molar-refractivity contribution in [1.82, 2.24) is 25.3 Å². The number of aryl methyl sites for hydroxylation is 2. The van der Waals surface area contributed by atoms with Crippen LogP contribution >= 0.6 is 0 Å². The molecule has 2 aromatic rings. The standard InChI is InChI=1S/C21H29N5O3/c1-15-5-7-17(8-6-15)29-12-4-9-22-20(27)19-14-26(11-10-25(19)3)21(28)18-13-23-24-16(18)2/h5-8,13,19H,4,9-12,14H2,1-3H3,(H,22,27)(H,23,24)/t19-/m0/s1. The van der Waals surface area contributed by atoms with Crippen molar-refractivity contribution in [1.29, 1.82) is 0 Å². The number of nitrogens with zero attached hydrogens (tertiary/aromatic N) is 3. The van der Waals surface area contributed by atoms with Gasteiger partial charge in [-0.05, 0) is 39.4 Å². The summed E-state index contributed by atoms with van der Waals surface area (Å²) in [6.07, 6.45) is 2.26. The summed E-state index contributed by atoms with van der Waals surface area (Å²) >= 11 is 0. The second-order valence-corrected chi connectivity index (χ2v) is 7.46. The first-order valence-corrected chi connectivity index (χ1v) is 9.92. The van der Waals surface area contributed by atoms with Crippen molar-refractivity contribution in [2.24, 2.45) is 0 Å². The summed E-state index contributed by atoms with van der Waals surface area (Å²) in [6.45, 7) is 6.53. The minimum Gasteiger partial charge on any atom is -0.494 e. The molecule has 2 heterocycles. The van der Waals surface area contributed by atoms with Gasteiger partial charge in [-0.3, -0.25) is 19.6 Å². The summed E-state index contributed by atoms with van der Waals surface area (Å²) in [6, 6.07) is 7.54. The van der Waals surface area contributed by atoms with Gasteiger partial charge in [0, 0.05) is 31.9 Å². The number of nitrogens with one attached hydrogen (secondary N) is 2. The number of carbonyl (C=O) groups excluding carboxylic acids is 2. The molecule has 156 valence electrons. The molecule has 0 radical (unpaired) electrons. The van der Waals surface area contributed by atoms with Gasteiger partial charge in [-0.1, -0.05) is 17.7 Å². The Labute approximate surface area is 171 Å². The fraction of sp³-hybridized carbons (Fsp3) is 0.476. The molecule has 1 aliphatic heterocycles. The molecule has 0 saturated carbocycles. The summed E-state index contributed by atoms with van der Waals surface area (Å²) in [7, 11) is 1.91. The van der Waals surface area contributed by atoms with E-state index in [-0.39, 0.29) is 17.9 Å². The second kappa shape index (κ2) is 9.56. The maximum Gasteiger partial charge on any atom is 0.257 e. The fourth-order valence-corrected chi connectivity index (χ4v) is 3.30. The molecule has 0 aliphatic carbocycles. The van der Waals surface area contributed by atoms with Gasteiger partial charge in [0.1, 0.15) is 11.8 Å². The molecule has 29 heavy (non-hydrogen) atoms. The van der Waals surface area contributed by atoms with Crippen LogP contribution < -0.4 is 10.1 Å². The van der Waals surface area contributed by atoms with E-state index in [2.05, 4.69) is 15.5 Å². The summed E-state index contributed by atoms with van der Waals surface area (Å²) in [4.78, 5) is 29.1. The van der Waals surface area contributed by atoms with E-state index in [9.17, 15) is 9.59 Å². The zero-order valence-corrected chi connectivity index (χ0v) is 17.3. The molecule has 0 unspecified atom stereocenters. The zero-order chi connectivity index (χ0) is 20.8. The molecule has 8 nitrogen and oxygen atoms in total. The number of hydrogen-bond donors (Lipinski definition) is 2. The molecule has 2 N–H and O–H groups in total. The van der Waals surface area contributed by atoms with Gasteiger partial charge in [-0.25, -0.2) is 0 Å². The average Bonchev–Trinajstić information content (AvgIpc) is 3.14. The lowest BCUT2D eigenvalue weighted by molar-refractivity contribution is -0.127. The first-order chi connectivity index (χ1) is 14.0. The predicted molar refractivity (Wildman–Crippen MR) is 110 cm³/mol. The highest BCUT2D eigenvalue weighted by molar-refractivity contribution is 5.95. The highest BCUT2D eigenvalue weighted by atomic mass is 16.5. The minimum atomic E-state index is -0.363. The molecule has 0 bridgehead atoms. The number of likely N-dealkylation sites (N-methyl/N-ethyl adjacent to an activating group) is 1. The largest absolute Gasteiger partial charge is 0.494 e. The summed E-state index contributed by atoms with van der Waals surface area (Å²) < 4.78 is 5.69. The molecule has 1 fully saturated rings. The van der Waals surface area contributed by atoms with E-state index >= 15 is 0 Å². The Balaban J connectivity index is 1.44. The highest BCUT2D eigenvalue weighted by Crippen LogP contribution is 2.14. The summed E-state index contributed by atoms with van der Waals surface area (Å²) in [5.74, 6) is 0.676. The van der Waals surface area contributed by atoms with Crippen LogP contribution in [-0.4, -0.2) is 77.7 Å². The van der Waals surface area contributed by atoms with E-state index in [1.54, 1.807) is 11.1 Å². The van der Waals surface area contributed by atoms with Crippen LogP contribution in [0.1, 0.15) is 28.0 Å². The average molecular weight is 399 g/mol. The van der Waals surface area contributed by atoms with Gasteiger partial charge in [-0.15, -0.1) is 0 Å². The third-order valence-corrected chi connectivity index (χ3v) is 5.21. The van der Waals surface area contributed by atoms with Crippen LogP contribution in [0.5, 0.6) is 5.75 Å². The Kier molecular flexibility index (Phi) is 6.87. The molecule has 8 heteroatoms. The van der Waals surface area contributed by atoms with E-state index in [1.165, 1.54) is 5.56 Å². The number of benzene rings is 1. The van der Waals surface area contributed by atoms with Crippen molar-refractivity contribution in [2.75, 3.05) is 39.8 Å². The fourth-order valence-electron chi connectivity index (χ4n) is 3.30. The number of aromatic nitrogens is 2. The van der Waals surface area contributed by atoms with Crippen molar-refractivity contribution >= 4 is 11.8 Å². The predicted octanol–water partition coefficient (Wildman–Crippen LogP) is 1.37. The van der Waals surface area contributed by atoms with E-state index in [0.29, 0.717) is 44.8 Å². The van der Waals surface area contributed by atoms with Crippen LogP contribution in [0.3, 0.4) is 0 Å². The van der Waals surface area contributed by atoms with Crippen LogP contribution in [0.4, 0.5) is 0 Å². The van der Waals surface area contributed by atoms with E-state index < -0.39 is 0 Å². The molecule has 1 atom stereocenters. The molecule has 1 saturated heterocycles. The lowest BCUT2D eigenvalue weighted by atomic mass is 10.1. The zero-order valence-electron chi connectivity index (χ0n) is 17.3. The lowest BCUT2D eigenvalue weighted by Gasteiger charge is -2.38. The number of rotatable bonds is 7. The number of amides is 2. The second-order valence-electron chi connectivity index (χ2n) is 7.46. The summed E-state index contributed by atoms with van der Waals surface area (Å²) in [5, 5.41) is 9.67. The smallest absolute Gasteiger partial charge is 0.257 e. The first kappa shape index (κ1) is 20.9. The van der Waals surface area contributed by atoms with Crippen molar-refractivity contribution in [3.05, 3.63) is 47.3 Å². The van der Waals surface area contributed by atoms with E-state index in [4.69, 9.17) is 4.74 Å². The SMILES string of the molecule is Cc1ccc(OCCCNC(=O)[C@@H]2CN(C(=O)c3cn[nH]c3C)CCN2C)cc1. The molecule has 2 amide bonds. The van der Waals surface area contributed by atoms with Crippen molar-refractivity contribution in [3.63, 3.8) is 0 Å². The Morgan fingerprint density at radius 3 is 2.69 bits per heavy atom. The van der Waals surface area contributed by atoms with Crippen LogP contribution in [0, 0.1) is 13.8 Å². The Morgan fingerprint density at radius 1 is 1.24 bits per heavy atom. The highest BCUT2D eigenvalue weighted by Gasteiger charge is 2.33. The van der Waals surface area contributed by atoms with Crippen molar-refractivity contribution < 1.29 is 14.3 Å². The van der Waals surface area contributed by atoms with Crippen LogP contribution in [0.2, 0.25) is 0 Å². The van der Waals surface area contributed by atoms with Crippen molar-refractivity contribution in [3.8, 4) is 5.75 Å². The molecule has 3 rings (SSSR count). The topological polar surface area (TPSA) is 90.6 Å². The van der Waals surface area contributed by atoms with Crippen molar-refractivity contribution in [2.45, 2.75) is 26.3 Å². The monoisotopic (exact) mass is 399 g/mol. The molecule has 0 spiro atoms. The molecule has 1 aromatic carbocycles. The Hall–Kier alpha value is -2.87. The van der Waals surface area contributed by atoms with Gasteiger partial charge >= 0.3 is 0 Å². The third kappa shape index (κ3) is 5.35. The van der Waals surface area contributed by atoms with Crippen LogP contribution in [0.25, 0.3) is 0 Å². The van der Waals surface area contributed by atoms with Crippen LogP contribution in [-0.2, 0) is 4.79 Å². The number of aromatic amines is 1. The van der Waals surface area contributed by atoms with E-state index in [0.717, 1.165) is 11.4 Å². The molecule has 1 aromatic heterocycles.